The summed E-state index contributed by atoms with van der Waals surface area (Å²) in [5.74, 6) is -0.814. The van der Waals surface area contributed by atoms with Crippen LogP contribution in [-0.4, -0.2) is 45.4 Å². The molecule has 4 atom stereocenters. The zero-order chi connectivity index (χ0) is 29.0. The number of allylic oxidation sites excluding steroid dienone is 4. The molecule has 7 nitrogen and oxygen atoms in total. The van der Waals surface area contributed by atoms with Crippen LogP contribution in [0.1, 0.15) is 82.8 Å². The second kappa shape index (κ2) is 8.29. The van der Waals surface area contributed by atoms with Crippen molar-refractivity contribution in [1.29, 1.82) is 0 Å². The molecular weight excluding hydrogens is 508 g/mol. The predicted octanol–water partition coefficient (Wildman–Crippen LogP) is 5.63. The standard InChI is InChI=1S/C33H36O7/c1-17(2)8-9-21-27-20(11-12-30(4,5)38-27)25(35)24-26(36)22-14-19-15-23-31(6,7)40-32(29(19)37,13-10-18(3)16-34)33(22,23)39-28(21)24/h8,10-12,14,16,19,23,35H,9,13,15H2,1-7H3/t19?,23?,32?,33-/m1/s1. The van der Waals surface area contributed by atoms with Gasteiger partial charge in [-0.3, -0.25) is 14.4 Å². The number of ether oxygens (including phenoxy) is 3. The molecule has 3 unspecified atom stereocenters. The molecule has 0 aromatic heterocycles. The first-order valence-corrected chi connectivity index (χ1v) is 13.9. The van der Waals surface area contributed by atoms with E-state index in [9.17, 15) is 19.5 Å². The Morgan fingerprint density at radius 1 is 1.07 bits per heavy atom. The van der Waals surface area contributed by atoms with Crippen LogP contribution in [0.3, 0.4) is 0 Å². The van der Waals surface area contributed by atoms with Gasteiger partial charge in [0.25, 0.3) is 0 Å². The highest BCUT2D eigenvalue weighted by atomic mass is 16.6. The van der Waals surface area contributed by atoms with Crippen molar-refractivity contribution < 1.29 is 33.7 Å². The maximum Gasteiger partial charge on any atom is 0.200 e. The molecule has 4 bridgehead atoms. The highest BCUT2D eigenvalue weighted by molar-refractivity contribution is 6.19. The minimum atomic E-state index is -1.49. The van der Waals surface area contributed by atoms with Gasteiger partial charge in [-0.1, -0.05) is 23.8 Å². The van der Waals surface area contributed by atoms with Crippen molar-refractivity contribution >= 4 is 23.9 Å². The van der Waals surface area contributed by atoms with E-state index >= 15 is 0 Å². The Hall–Kier alpha value is -3.45. The zero-order valence-corrected chi connectivity index (χ0v) is 24.1. The topological polar surface area (TPSA) is 99.1 Å². The normalized spacial score (nSPS) is 31.9. The van der Waals surface area contributed by atoms with E-state index in [1.165, 1.54) is 0 Å². The molecule has 3 aliphatic heterocycles. The van der Waals surface area contributed by atoms with Crippen molar-refractivity contribution in [2.45, 2.75) is 90.1 Å². The number of aldehydes is 1. The molecule has 3 aliphatic carbocycles. The van der Waals surface area contributed by atoms with Gasteiger partial charge in [-0.2, -0.15) is 0 Å². The number of aromatic hydroxyl groups is 1. The number of hydrogen-bond acceptors (Lipinski definition) is 7. The molecule has 7 heteroatoms. The molecule has 1 saturated heterocycles. The largest absolute Gasteiger partial charge is 0.506 e. The Morgan fingerprint density at radius 2 is 1.80 bits per heavy atom. The Labute approximate surface area is 234 Å². The van der Waals surface area contributed by atoms with E-state index in [1.54, 1.807) is 25.2 Å². The summed E-state index contributed by atoms with van der Waals surface area (Å²) in [5, 5.41) is 11.5. The molecule has 40 heavy (non-hydrogen) atoms. The fourth-order valence-electron chi connectivity index (χ4n) is 7.41. The van der Waals surface area contributed by atoms with Crippen molar-refractivity contribution in [2.24, 2.45) is 11.8 Å². The monoisotopic (exact) mass is 544 g/mol. The van der Waals surface area contributed by atoms with E-state index in [4.69, 9.17) is 14.2 Å². The second-order valence-corrected chi connectivity index (χ2v) is 13.1. The van der Waals surface area contributed by atoms with Gasteiger partial charge >= 0.3 is 0 Å². The molecule has 1 saturated carbocycles. The summed E-state index contributed by atoms with van der Waals surface area (Å²) in [6.07, 6.45) is 10.8. The first kappa shape index (κ1) is 26.8. The third-order valence-electron chi connectivity index (χ3n) is 9.23. The number of carbonyl (C=O) groups excluding carboxylic acids is 3. The molecule has 0 radical (unpaired) electrons. The Bertz CT molecular complexity index is 1510. The first-order valence-electron chi connectivity index (χ1n) is 13.9. The lowest BCUT2D eigenvalue weighted by atomic mass is 9.51. The van der Waals surface area contributed by atoms with Gasteiger partial charge in [0.15, 0.2) is 22.8 Å². The molecule has 2 fully saturated rings. The Balaban J connectivity index is 1.67. The summed E-state index contributed by atoms with van der Waals surface area (Å²) in [6.45, 7) is 13.4. The van der Waals surface area contributed by atoms with Gasteiger partial charge in [0.2, 0.25) is 0 Å². The third kappa shape index (κ3) is 3.30. The van der Waals surface area contributed by atoms with Gasteiger partial charge in [0.05, 0.1) is 11.2 Å². The van der Waals surface area contributed by atoms with Gasteiger partial charge < -0.3 is 19.3 Å². The van der Waals surface area contributed by atoms with Crippen LogP contribution in [0.2, 0.25) is 0 Å². The predicted molar refractivity (Wildman–Crippen MR) is 150 cm³/mol. The van der Waals surface area contributed by atoms with Gasteiger partial charge in [-0.15, -0.1) is 0 Å². The van der Waals surface area contributed by atoms with Gasteiger partial charge in [-0.25, -0.2) is 0 Å². The van der Waals surface area contributed by atoms with Gasteiger partial charge in [0, 0.05) is 29.4 Å². The molecule has 6 aliphatic rings. The fraction of sp³-hybridized carbons (Fsp3) is 0.485. The second-order valence-electron chi connectivity index (χ2n) is 13.1. The van der Waals surface area contributed by atoms with Crippen LogP contribution in [-0.2, 0) is 20.7 Å². The van der Waals surface area contributed by atoms with Crippen LogP contribution in [0.15, 0.2) is 41.0 Å². The van der Waals surface area contributed by atoms with Crippen molar-refractivity contribution in [3.8, 4) is 17.2 Å². The molecule has 1 aromatic carbocycles. The number of carbonyl (C=O) groups is 3. The van der Waals surface area contributed by atoms with Gasteiger partial charge in [0.1, 0.15) is 34.7 Å². The third-order valence-corrected chi connectivity index (χ3v) is 9.23. The number of rotatable bonds is 5. The smallest absolute Gasteiger partial charge is 0.200 e. The molecular formula is C33H36O7. The Morgan fingerprint density at radius 3 is 2.48 bits per heavy atom. The van der Waals surface area contributed by atoms with Crippen LogP contribution in [0.5, 0.6) is 17.2 Å². The maximum absolute atomic E-state index is 14.5. The van der Waals surface area contributed by atoms with Crippen molar-refractivity contribution in [1.82, 2.24) is 0 Å². The summed E-state index contributed by atoms with van der Waals surface area (Å²) in [4.78, 5) is 40.1. The molecule has 1 N–H and O–H groups in total. The first-order chi connectivity index (χ1) is 18.7. The summed E-state index contributed by atoms with van der Waals surface area (Å²) >= 11 is 0. The quantitative estimate of drug-likeness (QED) is 0.292. The number of phenolic OH excluding ortho intramolecular Hbond substituents is 1. The SMILES string of the molecule is CC(C)=CCc1c2c(c(O)c3c1O[C@]14C(=CC5CC1C(C)(C)OC4(CC=C(C)C=O)C5=O)C3=O)C=CC(C)(C)O2. The lowest BCUT2D eigenvalue weighted by molar-refractivity contribution is -0.171. The van der Waals surface area contributed by atoms with Crippen molar-refractivity contribution in [2.75, 3.05) is 0 Å². The average Bonchev–Trinajstić information content (AvgIpc) is 3.03. The van der Waals surface area contributed by atoms with E-state index in [-0.39, 0.29) is 41.0 Å². The van der Waals surface area contributed by atoms with E-state index in [1.807, 2.05) is 53.7 Å². The lowest BCUT2D eigenvalue weighted by Crippen LogP contribution is -2.72. The van der Waals surface area contributed by atoms with E-state index in [0.717, 1.165) is 11.9 Å². The maximum atomic E-state index is 14.5. The molecule has 1 spiro atoms. The highest BCUT2D eigenvalue weighted by Crippen LogP contribution is 2.68. The van der Waals surface area contributed by atoms with E-state index in [2.05, 4.69) is 0 Å². The minimum Gasteiger partial charge on any atom is -0.506 e. The zero-order valence-electron chi connectivity index (χ0n) is 24.1. The van der Waals surface area contributed by atoms with Crippen LogP contribution >= 0.6 is 0 Å². The van der Waals surface area contributed by atoms with Crippen LogP contribution < -0.4 is 9.47 Å². The van der Waals surface area contributed by atoms with Crippen LogP contribution in [0, 0.1) is 11.8 Å². The van der Waals surface area contributed by atoms with E-state index in [0.29, 0.717) is 40.9 Å². The number of hydrogen-bond donors (Lipinski definition) is 1. The number of fused-ring (bicyclic) bond motifs is 2. The number of ketones is 2. The molecule has 0 amide bonds. The summed E-state index contributed by atoms with van der Waals surface area (Å²) < 4.78 is 20.2. The average molecular weight is 545 g/mol. The number of phenols is 1. The minimum absolute atomic E-state index is 0.0905. The van der Waals surface area contributed by atoms with Crippen LogP contribution in [0.4, 0.5) is 0 Å². The lowest BCUT2D eigenvalue weighted by Gasteiger charge is -2.56. The molecule has 7 rings (SSSR count). The number of benzene rings is 1. The van der Waals surface area contributed by atoms with E-state index < -0.39 is 28.3 Å². The summed E-state index contributed by atoms with van der Waals surface area (Å²) in [7, 11) is 0. The highest BCUT2D eigenvalue weighted by Gasteiger charge is 2.81. The van der Waals surface area contributed by atoms with Gasteiger partial charge in [-0.05, 0) is 79.0 Å². The summed E-state index contributed by atoms with van der Waals surface area (Å²) in [5.41, 5.74) is -1.26. The number of Topliss-reactive ketones (excluding diaryl/α,β-unsaturated/α-hetero) is 2. The summed E-state index contributed by atoms with van der Waals surface area (Å²) in [6, 6.07) is 0. The molecule has 1 aromatic rings. The van der Waals surface area contributed by atoms with Crippen molar-refractivity contribution in [3.05, 3.63) is 57.7 Å². The fourth-order valence-corrected chi connectivity index (χ4v) is 7.41. The van der Waals surface area contributed by atoms with Crippen molar-refractivity contribution in [3.63, 3.8) is 0 Å². The molecule has 210 valence electrons. The molecule has 3 heterocycles. The van der Waals surface area contributed by atoms with Crippen LogP contribution in [0.25, 0.3) is 6.08 Å². The Kier molecular flexibility index (Phi) is 5.54.